The van der Waals surface area contributed by atoms with Crippen molar-refractivity contribution in [3.8, 4) is 11.1 Å². The predicted molar refractivity (Wildman–Crippen MR) is 141 cm³/mol. The van der Waals surface area contributed by atoms with Crippen LogP contribution in [-0.2, 0) is 25.2 Å². The number of pyridine rings is 1. The van der Waals surface area contributed by atoms with Gasteiger partial charge < -0.3 is 4.57 Å². The lowest BCUT2D eigenvalue weighted by atomic mass is 9.58. The van der Waals surface area contributed by atoms with Gasteiger partial charge in [-0.2, -0.15) is 13.2 Å². The van der Waals surface area contributed by atoms with E-state index in [1.165, 1.54) is 12.4 Å². The van der Waals surface area contributed by atoms with Crippen LogP contribution in [0.1, 0.15) is 55.6 Å². The number of hydrogen-bond acceptors (Lipinski definition) is 5. The number of aryl methyl sites for hydroxylation is 1. The van der Waals surface area contributed by atoms with Gasteiger partial charge in [-0.3, -0.25) is 14.1 Å². The molecule has 1 aliphatic heterocycles. The molecule has 39 heavy (non-hydrogen) atoms. The highest BCUT2D eigenvalue weighted by Gasteiger charge is 2.48. The van der Waals surface area contributed by atoms with Crippen LogP contribution in [0, 0.1) is 11.8 Å². The number of alkyl halides is 3. The van der Waals surface area contributed by atoms with Gasteiger partial charge in [-0.25, -0.2) is 4.98 Å². The van der Waals surface area contributed by atoms with Gasteiger partial charge in [0.2, 0.25) is 0 Å². The Morgan fingerprint density at radius 2 is 1.92 bits per heavy atom. The lowest BCUT2D eigenvalue weighted by molar-refractivity contribution is -0.136. The summed E-state index contributed by atoms with van der Waals surface area (Å²) in [5.74, 6) is 1.87. The topological polar surface area (TPSA) is 68.3 Å². The molecule has 6 rings (SSSR count). The van der Waals surface area contributed by atoms with Gasteiger partial charge in [0, 0.05) is 32.5 Å². The Balaban J connectivity index is 1.46. The molecule has 10 heteroatoms. The maximum atomic E-state index is 14.1. The zero-order valence-electron chi connectivity index (χ0n) is 22.2. The van der Waals surface area contributed by atoms with Crippen LogP contribution in [0.3, 0.4) is 0 Å². The monoisotopic (exact) mass is 536 g/mol. The molecule has 4 aromatic rings. The minimum Gasteiger partial charge on any atom is -0.320 e. The Hall–Kier alpha value is -3.53. The Morgan fingerprint density at radius 3 is 2.56 bits per heavy atom. The normalized spacial score (nSPS) is 23.8. The molecule has 0 N–H and O–H groups in total. The second-order valence-electron chi connectivity index (χ2n) is 11.5. The van der Waals surface area contributed by atoms with Crippen LogP contribution in [0.15, 0.2) is 53.8 Å². The molecule has 1 aromatic carbocycles. The van der Waals surface area contributed by atoms with E-state index in [-0.39, 0.29) is 16.6 Å². The molecule has 0 amide bonds. The first-order chi connectivity index (χ1) is 18.5. The van der Waals surface area contributed by atoms with E-state index in [9.17, 15) is 18.0 Å². The van der Waals surface area contributed by atoms with Gasteiger partial charge >= 0.3 is 6.18 Å². The second kappa shape index (κ2) is 9.29. The Labute approximate surface area is 224 Å². The summed E-state index contributed by atoms with van der Waals surface area (Å²) in [6.07, 6.45) is 2.64. The molecule has 2 fully saturated rings. The van der Waals surface area contributed by atoms with E-state index < -0.39 is 17.3 Å². The Morgan fingerprint density at radius 1 is 1.13 bits per heavy atom. The second-order valence-corrected chi connectivity index (χ2v) is 11.5. The van der Waals surface area contributed by atoms with Crippen LogP contribution in [0.2, 0.25) is 0 Å². The van der Waals surface area contributed by atoms with Crippen molar-refractivity contribution >= 4 is 5.65 Å². The molecule has 1 saturated heterocycles. The zero-order chi connectivity index (χ0) is 27.5. The molecule has 0 radical (unpaired) electrons. The molecule has 1 aliphatic carbocycles. The van der Waals surface area contributed by atoms with E-state index in [1.807, 2.05) is 29.8 Å². The summed E-state index contributed by atoms with van der Waals surface area (Å²) in [5, 5.41) is 8.48. The van der Waals surface area contributed by atoms with Crippen LogP contribution >= 0.6 is 0 Å². The fourth-order valence-corrected chi connectivity index (χ4v) is 6.54. The van der Waals surface area contributed by atoms with Crippen molar-refractivity contribution < 1.29 is 13.2 Å². The highest BCUT2D eigenvalue weighted by molar-refractivity contribution is 5.66. The summed E-state index contributed by atoms with van der Waals surface area (Å²) in [6, 6.07) is 8.79. The number of rotatable bonds is 5. The highest BCUT2D eigenvalue weighted by atomic mass is 19.4. The standard InChI is InChI=1S/C29H31F3N6O/c1-18-7-8-37(14-18)15-20-9-24(29(30,31)32)25-33-13-23(26(39)38(25)16-20)21-5-4-6-22(10-21)28(11-19(2)12-28)27-35-34-17-36(27)3/h4-6,9-10,13,16-19H,7-8,11-12,14-15H2,1-3H3/t18-,19?,28?/m0/s1. The lowest BCUT2D eigenvalue weighted by Gasteiger charge is -2.46. The summed E-state index contributed by atoms with van der Waals surface area (Å²) in [5.41, 5.74) is 0.209. The molecule has 0 bridgehead atoms. The minimum absolute atomic E-state index is 0.259. The smallest absolute Gasteiger partial charge is 0.320 e. The highest BCUT2D eigenvalue weighted by Crippen LogP contribution is 2.51. The largest absolute Gasteiger partial charge is 0.419 e. The predicted octanol–water partition coefficient (Wildman–Crippen LogP) is 5.07. The SMILES string of the molecule is CC1CC(c2cccc(-c3cnc4c(C(F)(F)F)cc(CN5CC[C@H](C)C5)cn4c3=O)c2)(c2nncn2C)C1. The van der Waals surface area contributed by atoms with Gasteiger partial charge in [-0.1, -0.05) is 32.0 Å². The van der Waals surface area contributed by atoms with Crippen LogP contribution in [0.5, 0.6) is 0 Å². The Kier molecular flexibility index (Phi) is 6.13. The van der Waals surface area contributed by atoms with E-state index in [0.29, 0.717) is 29.5 Å². The van der Waals surface area contributed by atoms with Crippen molar-refractivity contribution in [2.24, 2.45) is 18.9 Å². The lowest BCUT2D eigenvalue weighted by Crippen LogP contribution is -2.43. The number of likely N-dealkylation sites (tertiary alicyclic amines) is 1. The fraction of sp³-hybridized carbons (Fsp3) is 0.448. The van der Waals surface area contributed by atoms with Crippen molar-refractivity contribution in [3.05, 3.63) is 81.9 Å². The minimum atomic E-state index is -4.64. The van der Waals surface area contributed by atoms with Gasteiger partial charge in [-0.15, -0.1) is 10.2 Å². The summed E-state index contributed by atoms with van der Waals surface area (Å²) in [6.45, 7) is 6.33. The zero-order valence-corrected chi connectivity index (χ0v) is 22.2. The third kappa shape index (κ3) is 4.44. The van der Waals surface area contributed by atoms with E-state index in [2.05, 4.69) is 33.9 Å². The average molecular weight is 537 g/mol. The summed E-state index contributed by atoms with van der Waals surface area (Å²) in [4.78, 5) is 20.0. The van der Waals surface area contributed by atoms with E-state index in [4.69, 9.17) is 0 Å². The maximum absolute atomic E-state index is 14.1. The van der Waals surface area contributed by atoms with E-state index >= 15 is 0 Å². The maximum Gasteiger partial charge on any atom is 0.419 e. The first kappa shape index (κ1) is 25.7. The van der Waals surface area contributed by atoms with Crippen LogP contribution in [0.4, 0.5) is 13.2 Å². The molecule has 204 valence electrons. The molecule has 3 aromatic heterocycles. The molecule has 0 spiro atoms. The van der Waals surface area contributed by atoms with E-state index in [1.54, 1.807) is 12.4 Å². The van der Waals surface area contributed by atoms with Crippen LogP contribution in [0.25, 0.3) is 16.8 Å². The molecular formula is C29H31F3N6O. The number of fused-ring (bicyclic) bond motifs is 1. The number of nitrogens with zero attached hydrogens (tertiary/aromatic N) is 6. The molecule has 1 atom stereocenters. The van der Waals surface area contributed by atoms with Crippen molar-refractivity contribution in [2.75, 3.05) is 13.1 Å². The quantitative estimate of drug-likeness (QED) is 0.357. The summed E-state index contributed by atoms with van der Waals surface area (Å²) < 4.78 is 45.2. The fourth-order valence-electron chi connectivity index (χ4n) is 6.54. The van der Waals surface area contributed by atoms with Crippen LogP contribution < -0.4 is 5.56 Å². The first-order valence-corrected chi connectivity index (χ1v) is 13.3. The van der Waals surface area contributed by atoms with Gasteiger partial charge in [0.05, 0.1) is 16.5 Å². The number of benzene rings is 1. The molecular weight excluding hydrogens is 505 g/mol. The summed E-state index contributed by atoms with van der Waals surface area (Å²) >= 11 is 0. The van der Waals surface area contributed by atoms with Crippen molar-refractivity contribution in [3.63, 3.8) is 0 Å². The molecule has 1 saturated carbocycles. The third-order valence-electron chi connectivity index (χ3n) is 8.34. The average Bonchev–Trinajstić information content (AvgIpc) is 3.49. The van der Waals surface area contributed by atoms with Crippen molar-refractivity contribution in [1.82, 2.24) is 29.0 Å². The molecule has 4 heterocycles. The number of halogens is 3. The Bertz CT molecular complexity index is 1600. The molecule has 7 nitrogen and oxygen atoms in total. The first-order valence-electron chi connectivity index (χ1n) is 13.3. The van der Waals surface area contributed by atoms with Gasteiger partial charge in [0.1, 0.15) is 12.2 Å². The molecule has 0 unspecified atom stereocenters. The van der Waals surface area contributed by atoms with Crippen molar-refractivity contribution in [1.29, 1.82) is 0 Å². The van der Waals surface area contributed by atoms with Gasteiger partial charge in [-0.05, 0) is 66.5 Å². The van der Waals surface area contributed by atoms with Crippen LogP contribution in [-0.4, -0.2) is 42.1 Å². The summed E-state index contributed by atoms with van der Waals surface area (Å²) in [7, 11) is 1.92. The molecule has 2 aliphatic rings. The number of hydrogen-bond donors (Lipinski definition) is 0. The van der Waals surface area contributed by atoms with Gasteiger partial charge in [0.15, 0.2) is 5.65 Å². The third-order valence-corrected chi connectivity index (χ3v) is 8.34. The van der Waals surface area contributed by atoms with E-state index in [0.717, 1.165) is 54.2 Å². The van der Waals surface area contributed by atoms with Crippen molar-refractivity contribution in [2.45, 2.75) is 51.2 Å². The number of aromatic nitrogens is 5. The van der Waals surface area contributed by atoms with Gasteiger partial charge in [0.25, 0.3) is 5.56 Å².